The Balaban J connectivity index is 3.12. The van der Waals surface area contributed by atoms with Gasteiger partial charge in [0.05, 0.1) is 6.61 Å². The van der Waals surface area contributed by atoms with Gasteiger partial charge in [-0.05, 0) is 24.0 Å². The summed E-state index contributed by atoms with van der Waals surface area (Å²) < 4.78 is 6.65. The van der Waals surface area contributed by atoms with Crippen LogP contribution in [0.25, 0.3) is 0 Å². The van der Waals surface area contributed by atoms with Crippen LogP contribution in [0.1, 0.15) is 33.7 Å². The highest BCUT2D eigenvalue weighted by molar-refractivity contribution is 5.72. The number of carbonyl (C=O) groups is 1. The maximum absolute atomic E-state index is 12.2. The number of hydrogen-bond acceptors (Lipinski definition) is 3. The summed E-state index contributed by atoms with van der Waals surface area (Å²) in [5.41, 5.74) is -0.399. The van der Waals surface area contributed by atoms with Crippen molar-refractivity contribution in [1.29, 1.82) is 0 Å². The number of pyridine rings is 1. The van der Waals surface area contributed by atoms with Crippen LogP contribution in [0.4, 0.5) is 0 Å². The number of hydrogen-bond donors (Lipinski definition) is 1. The molecule has 106 valence electrons. The SMILES string of the molecule is CC(C)COc1cccn(C(C(=O)O)C(C)C)c1=O. The van der Waals surface area contributed by atoms with Crippen LogP contribution in [0.15, 0.2) is 23.1 Å². The molecule has 1 rings (SSSR count). The van der Waals surface area contributed by atoms with Gasteiger partial charge in [-0.1, -0.05) is 27.7 Å². The molecular weight excluding hydrogens is 246 g/mol. The third-order valence-corrected chi connectivity index (χ3v) is 2.70. The van der Waals surface area contributed by atoms with Crippen molar-refractivity contribution < 1.29 is 14.6 Å². The summed E-state index contributed by atoms with van der Waals surface area (Å²) in [6.45, 7) is 7.93. The Labute approximate surface area is 112 Å². The standard InChI is InChI=1S/C14H21NO4/c1-9(2)8-19-11-6-5-7-15(13(11)16)12(10(3)4)14(17)18/h5-7,9-10,12H,8H2,1-4H3,(H,17,18). The van der Waals surface area contributed by atoms with Crippen molar-refractivity contribution in [2.75, 3.05) is 6.61 Å². The van der Waals surface area contributed by atoms with Gasteiger partial charge < -0.3 is 9.84 Å². The zero-order valence-electron chi connectivity index (χ0n) is 11.8. The molecule has 1 N–H and O–H groups in total. The number of ether oxygens (including phenoxy) is 1. The summed E-state index contributed by atoms with van der Waals surface area (Å²) in [4.78, 5) is 23.5. The normalized spacial score (nSPS) is 12.7. The van der Waals surface area contributed by atoms with Crippen LogP contribution in [0.2, 0.25) is 0 Å². The van der Waals surface area contributed by atoms with Gasteiger partial charge in [0.25, 0.3) is 5.56 Å². The Morgan fingerprint density at radius 3 is 2.47 bits per heavy atom. The Morgan fingerprint density at radius 2 is 2.00 bits per heavy atom. The van der Waals surface area contributed by atoms with Crippen LogP contribution in [0.5, 0.6) is 5.75 Å². The quantitative estimate of drug-likeness (QED) is 0.857. The molecule has 1 unspecified atom stereocenters. The summed E-state index contributed by atoms with van der Waals surface area (Å²) in [5, 5.41) is 9.23. The van der Waals surface area contributed by atoms with Crippen molar-refractivity contribution in [2.24, 2.45) is 11.8 Å². The van der Waals surface area contributed by atoms with E-state index in [1.165, 1.54) is 10.8 Å². The second-order valence-corrected chi connectivity index (χ2v) is 5.32. The topological polar surface area (TPSA) is 68.5 Å². The van der Waals surface area contributed by atoms with Crippen LogP contribution in [0, 0.1) is 11.8 Å². The first kappa shape index (κ1) is 15.3. The minimum atomic E-state index is -1.02. The minimum absolute atomic E-state index is 0.185. The Bertz CT molecular complexity index is 490. The van der Waals surface area contributed by atoms with Crippen LogP contribution in [-0.2, 0) is 4.79 Å². The maximum atomic E-state index is 12.2. The number of carboxylic acid groups (broad SMARTS) is 1. The van der Waals surface area contributed by atoms with E-state index in [-0.39, 0.29) is 11.7 Å². The van der Waals surface area contributed by atoms with Gasteiger partial charge >= 0.3 is 5.97 Å². The molecule has 5 heteroatoms. The molecule has 1 aromatic heterocycles. The first-order valence-electron chi connectivity index (χ1n) is 6.41. The number of nitrogens with zero attached hydrogens (tertiary/aromatic N) is 1. The lowest BCUT2D eigenvalue weighted by Gasteiger charge is -2.20. The van der Waals surface area contributed by atoms with Gasteiger partial charge in [-0.25, -0.2) is 4.79 Å². The van der Waals surface area contributed by atoms with Gasteiger partial charge in [-0.2, -0.15) is 0 Å². The average Bonchev–Trinajstić information content (AvgIpc) is 2.29. The van der Waals surface area contributed by atoms with Crippen molar-refractivity contribution in [3.05, 3.63) is 28.7 Å². The monoisotopic (exact) mass is 267 g/mol. The molecule has 0 radical (unpaired) electrons. The Morgan fingerprint density at radius 1 is 1.37 bits per heavy atom. The second kappa shape index (κ2) is 6.41. The highest BCUT2D eigenvalue weighted by Gasteiger charge is 2.25. The van der Waals surface area contributed by atoms with Crippen LogP contribution >= 0.6 is 0 Å². The molecular formula is C14H21NO4. The van der Waals surface area contributed by atoms with Crippen molar-refractivity contribution in [3.63, 3.8) is 0 Å². The Kier molecular flexibility index (Phi) is 5.15. The molecule has 1 heterocycles. The number of rotatable bonds is 6. The average molecular weight is 267 g/mol. The summed E-state index contributed by atoms with van der Waals surface area (Å²) in [5.74, 6) is -0.704. The molecule has 5 nitrogen and oxygen atoms in total. The molecule has 19 heavy (non-hydrogen) atoms. The van der Waals surface area contributed by atoms with Crippen LogP contribution in [-0.4, -0.2) is 22.2 Å². The van der Waals surface area contributed by atoms with Crippen molar-refractivity contribution >= 4 is 5.97 Å². The van der Waals surface area contributed by atoms with Crippen molar-refractivity contribution in [3.8, 4) is 5.75 Å². The van der Waals surface area contributed by atoms with E-state index in [4.69, 9.17) is 4.74 Å². The smallest absolute Gasteiger partial charge is 0.327 e. The molecule has 0 fully saturated rings. The summed E-state index contributed by atoms with van der Waals surface area (Å²) >= 11 is 0. The molecule has 0 spiro atoms. The number of aromatic nitrogens is 1. The molecule has 1 aromatic rings. The van der Waals surface area contributed by atoms with Gasteiger partial charge in [-0.3, -0.25) is 9.36 Å². The molecule has 0 aromatic carbocycles. The Hall–Kier alpha value is -1.78. The molecule has 0 saturated heterocycles. The van der Waals surface area contributed by atoms with Crippen molar-refractivity contribution in [1.82, 2.24) is 4.57 Å². The van der Waals surface area contributed by atoms with E-state index >= 15 is 0 Å². The maximum Gasteiger partial charge on any atom is 0.327 e. The summed E-state index contributed by atoms with van der Waals surface area (Å²) in [7, 11) is 0. The third-order valence-electron chi connectivity index (χ3n) is 2.70. The van der Waals surface area contributed by atoms with E-state index in [1.807, 2.05) is 13.8 Å². The molecule has 0 aliphatic rings. The molecule has 0 aliphatic carbocycles. The molecule has 0 aliphatic heterocycles. The fourth-order valence-corrected chi connectivity index (χ4v) is 1.80. The van der Waals surface area contributed by atoms with Gasteiger partial charge in [0, 0.05) is 6.20 Å². The largest absolute Gasteiger partial charge is 0.488 e. The first-order valence-corrected chi connectivity index (χ1v) is 6.41. The van der Waals surface area contributed by atoms with Gasteiger partial charge in [0.2, 0.25) is 0 Å². The van der Waals surface area contributed by atoms with Crippen molar-refractivity contribution in [2.45, 2.75) is 33.7 Å². The van der Waals surface area contributed by atoms with Gasteiger partial charge in [-0.15, -0.1) is 0 Å². The highest BCUT2D eigenvalue weighted by atomic mass is 16.5. The fraction of sp³-hybridized carbons (Fsp3) is 0.571. The predicted molar refractivity (Wildman–Crippen MR) is 72.5 cm³/mol. The first-order chi connectivity index (χ1) is 8.84. The van der Waals surface area contributed by atoms with Crippen LogP contribution < -0.4 is 10.3 Å². The number of aliphatic carboxylic acids is 1. The summed E-state index contributed by atoms with van der Waals surface area (Å²) in [6, 6.07) is 2.32. The molecule has 0 amide bonds. The summed E-state index contributed by atoms with van der Waals surface area (Å²) in [6.07, 6.45) is 1.49. The lowest BCUT2D eigenvalue weighted by molar-refractivity contribution is -0.142. The number of carboxylic acids is 1. The zero-order chi connectivity index (χ0) is 14.6. The zero-order valence-corrected chi connectivity index (χ0v) is 11.8. The van der Waals surface area contributed by atoms with E-state index in [0.29, 0.717) is 12.5 Å². The lowest BCUT2D eigenvalue weighted by atomic mass is 10.0. The molecule has 1 atom stereocenters. The minimum Gasteiger partial charge on any atom is -0.488 e. The highest BCUT2D eigenvalue weighted by Crippen LogP contribution is 2.17. The molecule has 0 bridgehead atoms. The van der Waals surface area contributed by atoms with E-state index in [0.717, 1.165) is 0 Å². The fourth-order valence-electron chi connectivity index (χ4n) is 1.80. The van der Waals surface area contributed by atoms with Crippen LogP contribution in [0.3, 0.4) is 0 Å². The van der Waals surface area contributed by atoms with E-state index in [1.54, 1.807) is 26.0 Å². The second-order valence-electron chi connectivity index (χ2n) is 5.32. The van der Waals surface area contributed by atoms with E-state index < -0.39 is 17.6 Å². The predicted octanol–water partition coefficient (Wildman–Crippen LogP) is 2.16. The van der Waals surface area contributed by atoms with Gasteiger partial charge in [0.1, 0.15) is 6.04 Å². The molecule has 0 saturated carbocycles. The van der Waals surface area contributed by atoms with E-state index in [2.05, 4.69) is 0 Å². The lowest BCUT2D eigenvalue weighted by Crippen LogP contribution is -2.33. The van der Waals surface area contributed by atoms with E-state index in [9.17, 15) is 14.7 Å². The van der Waals surface area contributed by atoms with Gasteiger partial charge in [0.15, 0.2) is 5.75 Å². The third kappa shape index (κ3) is 3.84.